The van der Waals surface area contributed by atoms with Gasteiger partial charge in [-0.1, -0.05) is 24.3 Å². The zero-order chi connectivity index (χ0) is 15.2. The second-order valence-electron chi connectivity index (χ2n) is 4.57. The number of hydrogen-bond donors (Lipinski definition) is 3. The molecule has 5 nitrogen and oxygen atoms in total. The number of aromatic hydroxyl groups is 1. The number of aryl methyl sites for hydroxylation is 1. The number of benzene rings is 2. The van der Waals surface area contributed by atoms with Crippen molar-refractivity contribution in [1.82, 2.24) is 0 Å². The van der Waals surface area contributed by atoms with Gasteiger partial charge < -0.3 is 15.5 Å². The Morgan fingerprint density at radius 1 is 1.05 bits per heavy atom. The van der Waals surface area contributed by atoms with Crippen molar-refractivity contribution in [2.45, 2.75) is 12.8 Å². The average molecular weight is 285 g/mol. The molecule has 5 heteroatoms. The SMILES string of the molecule is O=C(CCc1cccc(O)c1)Nc1ccccc1C(=O)O. The minimum Gasteiger partial charge on any atom is -0.508 e. The van der Waals surface area contributed by atoms with Gasteiger partial charge in [-0.3, -0.25) is 4.79 Å². The molecule has 0 aliphatic carbocycles. The Labute approximate surface area is 121 Å². The Morgan fingerprint density at radius 3 is 2.52 bits per heavy atom. The van der Waals surface area contributed by atoms with E-state index in [-0.39, 0.29) is 29.3 Å². The molecule has 0 spiro atoms. The molecule has 3 N–H and O–H groups in total. The fourth-order valence-electron chi connectivity index (χ4n) is 1.96. The summed E-state index contributed by atoms with van der Waals surface area (Å²) in [6.07, 6.45) is 0.673. The van der Waals surface area contributed by atoms with Gasteiger partial charge in [0.1, 0.15) is 5.75 Å². The van der Waals surface area contributed by atoms with Crippen LogP contribution in [0.15, 0.2) is 48.5 Å². The second-order valence-corrected chi connectivity index (χ2v) is 4.57. The van der Waals surface area contributed by atoms with Crippen LogP contribution in [0.4, 0.5) is 5.69 Å². The summed E-state index contributed by atoms with van der Waals surface area (Å²) in [6, 6.07) is 12.9. The summed E-state index contributed by atoms with van der Waals surface area (Å²) in [5.74, 6) is -1.20. The molecule has 2 aromatic rings. The van der Waals surface area contributed by atoms with E-state index in [0.717, 1.165) is 5.56 Å². The quantitative estimate of drug-likeness (QED) is 0.788. The summed E-state index contributed by atoms with van der Waals surface area (Å²) >= 11 is 0. The maximum atomic E-state index is 11.9. The molecule has 0 saturated heterocycles. The van der Waals surface area contributed by atoms with Crippen molar-refractivity contribution in [3.8, 4) is 5.75 Å². The molecule has 0 saturated carbocycles. The second kappa shape index (κ2) is 6.56. The smallest absolute Gasteiger partial charge is 0.337 e. The van der Waals surface area contributed by atoms with Gasteiger partial charge in [-0.2, -0.15) is 0 Å². The molecule has 108 valence electrons. The van der Waals surface area contributed by atoms with E-state index in [1.54, 1.807) is 36.4 Å². The van der Waals surface area contributed by atoms with Crippen LogP contribution < -0.4 is 5.32 Å². The number of amides is 1. The lowest BCUT2D eigenvalue weighted by molar-refractivity contribution is -0.116. The van der Waals surface area contributed by atoms with Gasteiger partial charge in [0, 0.05) is 6.42 Å². The fraction of sp³-hybridized carbons (Fsp3) is 0.125. The van der Waals surface area contributed by atoms with Crippen molar-refractivity contribution < 1.29 is 19.8 Å². The molecule has 21 heavy (non-hydrogen) atoms. The van der Waals surface area contributed by atoms with E-state index in [2.05, 4.69) is 5.32 Å². The third kappa shape index (κ3) is 4.07. The molecule has 2 rings (SSSR count). The van der Waals surface area contributed by atoms with Crippen LogP contribution in [0.3, 0.4) is 0 Å². The number of rotatable bonds is 5. The predicted octanol–water partition coefficient (Wildman–Crippen LogP) is 2.66. The maximum Gasteiger partial charge on any atom is 0.337 e. The summed E-state index contributed by atoms with van der Waals surface area (Å²) < 4.78 is 0. The van der Waals surface area contributed by atoms with E-state index in [4.69, 9.17) is 5.11 Å². The van der Waals surface area contributed by atoms with E-state index in [9.17, 15) is 14.7 Å². The number of nitrogens with one attached hydrogen (secondary N) is 1. The minimum absolute atomic E-state index is 0.0585. The highest BCUT2D eigenvalue weighted by atomic mass is 16.4. The Kier molecular flexibility index (Phi) is 4.56. The van der Waals surface area contributed by atoms with Crippen LogP contribution in [-0.4, -0.2) is 22.1 Å². The first kappa shape index (κ1) is 14.6. The van der Waals surface area contributed by atoms with Crippen LogP contribution in [-0.2, 0) is 11.2 Å². The molecular weight excluding hydrogens is 270 g/mol. The number of carboxylic acids is 1. The van der Waals surface area contributed by atoms with Crippen molar-refractivity contribution in [2.24, 2.45) is 0 Å². The zero-order valence-corrected chi connectivity index (χ0v) is 11.2. The van der Waals surface area contributed by atoms with Crippen molar-refractivity contribution in [1.29, 1.82) is 0 Å². The van der Waals surface area contributed by atoms with Gasteiger partial charge in [0.2, 0.25) is 5.91 Å². The first-order valence-corrected chi connectivity index (χ1v) is 6.46. The van der Waals surface area contributed by atoms with Gasteiger partial charge in [0.05, 0.1) is 11.3 Å². The lowest BCUT2D eigenvalue weighted by Gasteiger charge is -2.08. The van der Waals surface area contributed by atoms with Crippen molar-refractivity contribution in [2.75, 3.05) is 5.32 Å². The largest absolute Gasteiger partial charge is 0.508 e. The summed E-state index contributed by atoms with van der Waals surface area (Å²) in [7, 11) is 0. The normalized spacial score (nSPS) is 10.1. The Hall–Kier alpha value is -2.82. The Balaban J connectivity index is 1.98. The number of anilines is 1. The number of aromatic carboxylic acids is 1. The van der Waals surface area contributed by atoms with E-state index in [1.165, 1.54) is 6.07 Å². The fourth-order valence-corrected chi connectivity index (χ4v) is 1.96. The molecule has 0 radical (unpaired) electrons. The third-order valence-corrected chi connectivity index (χ3v) is 2.98. The summed E-state index contributed by atoms with van der Waals surface area (Å²) in [5, 5.41) is 21.0. The molecule has 0 aliphatic rings. The van der Waals surface area contributed by atoms with Crippen LogP contribution in [0.5, 0.6) is 5.75 Å². The molecule has 0 atom stereocenters. The molecule has 0 fully saturated rings. The number of phenolic OH excluding ortho intramolecular Hbond substituents is 1. The van der Waals surface area contributed by atoms with Crippen molar-refractivity contribution >= 4 is 17.6 Å². The predicted molar refractivity (Wildman–Crippen MR) is 78.5 cm³/mol. The molecular formula is C16H15NO4. The van der Waals surface area contributed by atoms with Crippen LogP contribution in [0.25, 0.3) is 0 Å². The molecule has 0 heterocycles. The molecule has 0 aromatic heterocycles. The number of carboxylic acid groups (broad SMARTS) is 1. The molecule has 0 aliphatic heterocycles. The van der Waals surface area contributed by atoms with E-state index >= 15 is 0 Å². The maximum absolute atomic E-state index is 11.9. The first-order chi connectivity index (χ1) is 10.1. The van der Waals surface area contributed by atoms with Gasteiger partial charge in [0.25, 0.3) is 0 Å². The van der Waals surface area contributed by atoms with E-state index < -0.39 is 5.97 Å². The zero-order valence-electron chi connectivity index (χ0n) is 11.2. The van der Waals surface area contributed by atoms with E-state index in [0.29, 0.717) is 6.42 Å². The summed E-state index contributed by atoms with van der Waals surface area (Å²) in [5.41, 5.74) is 1.19. The van der Waals surface area contributed by atoms with Crippen LogP contribution in [0, 0.1) is 0 Å². The van der Waals surface area contributed by atoms with Crippen LogP contribution in [0.2, 0.25) is 0 Å². The van der Waals surface area contributed by atoms with Gasteiger partial charge in [-0.25, -0.2) is 4.79 Å². The Bertz CT molecular complexity index is 667. The van der Waals surface area contributed by atoms with Gasteiger partial charge in [-0.05, 0) is 36.2 Å². The number of para-hydroxylation sites is 1. The highest BCUT2D eigenvalue weighted by Gasteiger charge is 2.11. The average Bonchev–Trinajstić information content (AvgIpc) is 2.45. The molecule has 0 bridgehead atoms. The highest BCUT2D eigenvalue weighted by Crippen LogP contribution is 2.16. The highest BCUT2D eigenvalue weighted by molar-refractivity contribution is 6.00. The Morgan fingerprint density at radius 2 is 1.81 bits per heavy atom. The summed E-state index contributed by atoms with van der Waals surface area (Å²) in [4.78, 5) is 22.9. The molecule has 1 amide bonds. The van der Waals surface area contributed by atoms with Crippen molar-refractivity contribution in [3.05, 3.63) is 59.7 Å². The number of phenols is 1. The van der Waals surface area contributed by atoms with E-state index in [1.807, 2.05) is 6.07 Å². The van der Waals surface area contributed by atoms with Gasteiger partial charge in [0.15, 0.2) is 0 Å². The van der Waals surface area contributed by atoms with Crippen molar-refractivity contribution in [3.63, 3.8) is 0 Å². The van der Waals surface area contributed by atoms with Gasteiger partial charge in [-0.15, -0.1) is 0 Å². The summed E-state index contributed by atoms with van der Waals surface area (Å²) in [6.45, 7) is 0. The number of carbonyl (C=O) groups is 2. The number of hydrogen-bond acceptors (Lipinski definition) is 3. The van der Waals surface area contributed by atoms with Crippen LogP contribution >= 0.6 is 0 Å². The third-order valence-electron chi connectivity index (χ3n) is 2.98. The number of carbonyl (C=O) groups excluding carboxylic acids is 1. The lowest BCUT2D eigenvalue weighted by atomic mass is 10.1. The lowest BCUT2D eigenvalue weighted by Crippen LogP contribution is -2.15. The molecule has 2 aromatic carbocycles. The van der Waals surface area contributed by atoms with Gasteiger partial charge >= 0.3 is 5.97 Å². The standard InChI is InChI=1S/C16H15NO4/c18-12-5-3-4-11(10-12)8-9-15(19)17-14-7-2-1-6-13(14)16(20)21/h1-7,10,18H,8-9H2,(H,17,19)(H,20,21). The minimum atomic E-state index is -1.08. The monoisotopic (exact) mass is 285 g/mol. The van der Waals surface area contributed by atoms with Crippen LogP contribution in [0.1, 0.15) is 22.3 Å². The molecule has 0 unspecified atom stereocenters. The first-order valence-electron chi connectivity index (χ1n) is 6.46. The topological polar surface area (TPSA) is 86.6 Å².